The molecule has 3 aromatic rings. The second-order valence-electron chi connectivity index (χ2n) is 6.71. The van der Waals surface area contributed by atoms with Crippen molar-refractivity contribution in [1.82, 2.24) is 14.5 Å². The molecule has 0 spiro atoms. The number of thioether (sulfide) groups is 1. The Labute approximate surface area is 162 Å². The molecule has 2 heterocycles. The third-order valence-corrected chi connectivity index (χ3v) is 6.05. The molecular weight excluding hydrogens is 361 g/mol. The fraction of sp³-hybridized carbons (Fsp3) is 0.333. The van der Waals surface area contributed by atoms with E-state index < -0.39 is 0 Å². The number of hydrogen-bond donors (Lipinski definition) is 0. The summed E-state index contributed by atoms with van der Waals surface area (Å²) in [5.74, 6) is 0.228. The van der Waals surface area contributed by atoms with Crippen molar-refractivity contribution in [3.63, 3.8) is 0 Å². The molecule has 1 aliphatic heterocycles. The van der Waals surface area contributed by atoms with E-state index in [1.54, 1.807) is 12.1 Å². The van der Waals surface area contributed by atoms with Crippen molar-refractivity contribution in [2.24, 2.45) is 0 Å². The van der Waals surface area contributed by atoms with Crippen LogP contribution >= 0.6 is 11.8 Å². The van der Waals surface area contributed by atoms with Crippen molar-refractivity contribution >= 4 is 28.7 Å². The van der Waals surface area contributed by atoms with Crippen LogP contribution in [0.25, 0.3) is 11.0 Å². The maximum absolute atomic E-state index is 13.2. The Bertz CT molecular complexity index is 954. The lowest BCUT2D eigenvalue weighted by atomic mass is 10.0. The monoisotopic (exact) mass is 383 g/mol. The van der Waals surface area contributed by atoms with Crippen molar-refractivity contribution in [2.75, 3.05) is 12.3 Å². The summed E-state index contributed by atoms with van der Waals surface area (Å²) in [7, 11) is 0. The lowest BCUT2D eigenvalue weighted by molar-refractivity contribution is -0.129. The number of fused-ring (bicyclic) bond motifs is 1. The number of likely N-dealkylation sites (tertiary alicyclic amines) is 1. The van der Waals surface area contributed by atoms with E-state index in [1.165, 1.54) is 23.9 Å². The lowest BCUT2D eigenvalue weighted by Gasteiger charge is -2.25. The molecule has 140 valence electrons. The first-order valence-corrected chi connectivity index (χ1v) is 10.3. The van der Waals surface area contributed by atoms with Crippen molar-refractivity contribution in [3.05, 3.63) is 59.9 Å². The summed E-state index contributed by atoms with van der Waals surface area (Å²) in [5, 5.41) is 0.879. The van der Waals surface area contributed by atoms with Gasteiger partial charge in [0.15, 0.2) is 5.16 Å². The number of aromatic nitrogens is 2. The normalized spacial score (nSPS) is 17.0. The Morgan fingerprint density at radius 3 is 2.78 bits per heavy atom. The summed E-state index contributed by atoms with van der Waals surface area (Å²) in [4.78, 5) is 19.5. The zero-order chi connectivity index (χ0) is 18.8. The van der Waals surface area contributed by atoms with Crippen LogP contribution in [0.15, 0.2) is 53.7 Å². The number of halogens is 1. The summed E-state index contributed by atoms with van der Waals surface area (Å²) in [6.45, 7) is 3.66. The number of imidazole rings is 1. The Kier molecular flexibility index (Phi) is 5.16. The Morgan fingerprint density at radius 1 is 1.22 bits per heavy atom. The van der Waals surface area contributed by atoms with Gasteiger partial charge in [0.1, 0.15) is 5.82 Å². The Hall–Kier alpha value is -2.34. The van der Waals surface area contributed by atoms with Gasteiger partial charge < -0.3 is 9.47 Å². The summed E-state index contributed by atoms with van der Waals surface area (Å²) in [6.07, 6.45) is 1.90. The molecule has 0 bridgehead atoms. The molecule has 0 radical (unpaired) electrons. The minimum Gasteiger partial charge on any atom is -0.335 e. The molecule has 0 saturated carbocycles. The maximum atomic E-state index is 13.2. The van der Waals surface area contributed by atoms with Crippen LogP contribution < -0.4 is 0 Å². The maximum Gasteiger partial charge on any atom is 0.233 e. The smallest absolute Gasteiger partial charge is 0.233 e. The molecule has 6 heteroatoms. The van der Waals surface area contributed by atoms with Crippen LogP contribution in [-0.2, 0) is 11.3 Å². The van der Waals surface area contributed by atoms with Gasteiger partial charge in [0.05, 0.1) is 22.8 Å². The quantitative estimate of drug-likeness (QED) is 0.602. The van der Waals surface area contributed by atoms with Gasteiger partial charge in [0.25, 0.3) is 0 Å². The van der Waals surface area contributed by atoms with Crippen LogP contribution in [0.2, 0.25) is 0 Å². The van der Waals surface area contributed by atoms with Gasteiger partial charge in [-0.2, -0.15) is 0 Å². The predicted molar refractivity (Wildman–Crippen MR) is 106 cm³/mol. The highest BCUT2D eigenvalue weighted by molar-refractivity contribution is 7.99. The molecule has 1 atom stereocenters. The summed E-state index contributed by atoms with van der Waals surface area (Å²) in [5.41, 5.74) is 3.06. The van der Waals surface area contributed by atoms with E-state index in [2.05, 4.69) is 22.5 Å². The molecule has 4 nitrogen and oxygen atoms in total. The van der Waals surface area contributed by atoms with E-state index >= 15 is 0 Å². The van der Waals surface area contributed by atoms with Gasteiger partial charge in [-0.3, -0.25) is 4.79 Å². The highest BCUT2D eigenvalue weighted by Gasteiger charge is 2.30. The molecule has 1 saturated heterocycles. The molecule has 0 aliphatic carbocycles. The van der Waals surface area contributed by atoms with Crippen molar-refractivity contribution < 1.29 is 9.18 Å². The number of para-hydroxylation sites is 2. The number of benzene rings is 2. The molecule has 1 aromatic heterocycles. The summed E-state index contributed by atoms with van der Waals surface area (Å²) in [6, 6.07) is 14.6. The minimum absolute atomic E-state index is 0.0451. The average Bonchev–Trinajstić information content (AvgIpc) is 3.31. The number of hydrogen-bond acceptors (Lipinski definition) is 3. The van der Waals surface area contributed by atoms with E-state index in [-0.39, 0.29) is 17.8 Å². The van der Waals surface area contributed by atoms with Crippen molar-refractivity contribution in [2.45, 2.75) is 37.5 Å². The Morgan fingerprint density at radius 2 is 2.00 bits per heavy atom. The van der Waals surface area contributed by atoms with Gasteiger partial charge in [-0.25, -0.2) is 9.37 Å². The first-order valence-electron chi connectivity index (χ1n) is 9.30. The van der Waals surface area contributed by atoms with E-state index in [9.17, 15) is 9.18 Å². The Balaban J connectivity index is 1.48. The standard InChI is InChI=1S/C21H22FN3OS/c1-2-24-19-7-4-3-6-17(19)23-21(24)27-14-20(26)25-13-5-8-18(25)15-9-11-16(22)12-10-15/h3-4,6-7,9-12,18H,2,5,8,13-14H2,1H3. The van der Waals surface area contributed by atoms with Crippen LogP contribution in [0.5, 0.6) is 0 Å². The molecular formula is C21H22FN3OS. The molecule has 1 amide bonds. The van der Waals surface area contributed by atoms with E-state index in [1.807, 2.05) is 23.1 Å². The zero-order valence-corrected chi connectivity index (χ0v) is 16.1. The van der Waals surface area contributed by atoms with Crippen LogP contribution in [0.4, 0.5) is 4.39 Å². The number of carbonyl (C=O) groups is 1. The highest BCUT2D eigenvalue weighted by atomic mass is 32.2. The zero-order valence-electron chi connectivity index (χ0n) is 15.3. The van der Waals surface area contributed by atoms with Gasteiger partial charge in [-0.15, -0.1) is 0 Å². The van der Waals surface area contributed by atoms with Crippen molar-refractivity contribution in [1.29, 1.82) is 0 Å². The van der Waals surface area contributed by atoms with Crippen molar-refractivity contribution in [3.8, 4) is 0 Å². The summed E-state index contributed by atoms with van der Waals surface area (Å²) >= 11 is 1.49. The van der Waals surface area contributed by atoms with Gasteiger partial charge in [0, 0.05) is 13.1 Å². The van der Waals surface area contributed by atoms with Crippen LogP contribution in [0, 0.1) is 5.82 Å². The van der Waals surface area contributed by atoms with Crippen LogP contribution in [-0.4, -0.2) is 32.7 Å². The van der Waals surface area contributed by atoms with Gasteiger partial charge in [-0.1, -0.05) is 36.0 Å². The number of rotatable bonds is 5. The topological polar surface area (TPSA) is 38.1 Å². The molecule has 1 fully saturated rings. The fourth-order valence-electron chi connectivity index (χ4n) is 3.78. The molecule has 4 rings (SSSR count). The van der Waals surface area contributed by atoms with Crippen LogP contribution in [0.3, 0.4) is 0 Å². The van der Waals surface area contributed by atoms with E-state index in [4.69, 9.17) is 0 Å². The third kappa shape index (κ3) is 3.58. The fourth-order valence-corrected chi connectivity index (χ4v) is 4.74. The molecule has 1 unspecified atom stereocenters. The second-order valence-corrected chi connectivity index (χ2v) is 7.66. The molecule has 27 heavy (non-hydrogen) atoms. The second kappa shape index (κ2) is 7.72. The van der Waals surface area contributed by atoms with E-state index in [0.29, 0.717) is 5.75 Å². The number of carbonyl (C=O) groups excluding carboxylic acids is 1. The first-order chi connectivity index (χ1) is 13.2. The lowest BCUT2D eigenvalue weighted by Crippen LogP contribution is -2.32. The predicted octanol–water partition coefficient (Wildman–Crippen LogP) is 4.65. The molecule has 0 N–H and O–H groups in total. The summed E-state index contributed by atoms with van der Waals surface area (Å²) < 4.78 is 15.4. The highest BCUT2D eigenvalue weighted by Crippen LogP contribution is 2.33. The number of nitrogens with zero attached hydrogens (tertiary/aromatic N) is 3. The minimum atomic E-state index is -0.247. The van der Waals surface area contributed by atoms with E-state index in [0.717, 1.165) is 47.7 Å². The third-order valence-electron chi connectivity index (χ3n) is 5.09. The van der Waals surface area contributed by atoms with Gasteiger partial charge in [-0.05, 0) is 49.6 Å². The van der Waals surface area contributed by atoms with Gasteiger partial charge in [0.2, 0.25) is 5.91 Å². The molecule has 1 aliphatic rings. The molecule has 2 aromatic carbocycles. The number of amides is 1. The SMILES string of the molecule is CCn1c(SCC(=O)N2CCCC2c2ccc(F)cc2)nc2ccccc21. The largest absolute Gasteiger partial charge is 0.335 e. The first kappa shape index (κ1) is 18.0. The van der Waals surface area contributed by atoms with Gasteiger partial charge >= 0.3 is 0 Å². The van der Waals surface area contributed by atoms with Crippen LogP contribution in [0.1, 0.15) is 31.4 Å². The average molecular weight is 383 g/mol. The number of aryl methyl sites for hydroxylation is 1.